The summed E-state index contributed by atoms with van der Waals surface area (Å²) in [5.41, 5.74) is 13.3. The summed E-state index contributed by atoms with van der Waals surface area (Å²) in [5, 5.41) is 7.11. The van der Waals surface area contributed by atoms with E-state index in [-0.39, 0.29) is 5.41 Å². The lowest BCUT2D eigenvalue weighted by Crippen LogP contribution is -2.17. The van der Waals surface area contributed by atoms with Crippen LogP contribution in [0.2, 0.25) is 0 Å². The second-order valence-electron chi connectivity index (χ2n) is 15.3. The van der Waals surface area contributed by atoms with Gasteiger partial charge in [0, 0.05) is 61.3 Å². The van der Waals surface area contributed by atoms with Crippen LogP contribution >= 0.6 is 0 Å². The molecule has 1 aromatic heterocycles. The number of benzene rings is 9. The van der Waals surface area contributed by atoms with Gasteiger partial charge in [0.15, 0.2) is 0 Å². The number of hydrogen-bond donors (Lipinski definition) is 0. The minimum atomic E-state index is -0.353. The Morgan fingerprint density at radius 1 is 0.411 bits per heavy atom. The molecular weight excluding hydrogens is 681 g/mol. The van der Waals surface area contributed by atoms with Gasteiger partial charge in [-0.1, -0.05) is 141 Å². The van der Waals surface area contributed by atoms with E-state index in [1.54, 1.807) is 0 Å². The third-order valence-electron chi connectivity index (χ3n) is 11.8. The van der Waals surface area contributed by atoms with Gasteiger partial charge in [0.05, 0.1) is 11.4 Å². The summed E-state index contributed by atoms with van der Waals surface area (Å²) in [5.74, 6) is 0. The number of hydrogen-bond acceptors (Lipinski definition) is 3. The van der Waals surface area contributed by atoms with Crippen LogP contribution in [0.4, 0.5) is 34.1 Å². The van der Waals surface area contributed by atoms with E-state index in [2.05, 4.69) is 218 Å². The smallest absolute Gasteiger partial charge is 0.140 e. The summed E-state index contributed by atoms with van der Waals surface area (Å²) in [6.45, 7) is 4.74. The molecule has 0 atom stereocenters. The molecule has 0 fully saturated rings. The highest BCUT2D eigenvalue weighted by Crippen LogP contribution is 2.57. The Bertz CT molecular complexity index is 3020. The molecule has 0 radical (unpaired) electrons. The van der Waals surface area contributed by atoms with Crippen molar-refractivity contribution in [2.45, 2.75) is 19.3 Å². The predicted octanol–water partition coefficient (Wildman–Crippen LogP) is 15.1. The van der Waals surface area contributed by atoms with Crippen LogP contribution in [0, 0.1) is 0 Å². The molecule has 0 unspecified atom stereocenters. The molecule has 0 amide bonds. The summed E-state index contributed by atoms with van der Waals surface area (Å²) in [4.78, 5) is 4.75. The van der Waals surface area contributed by atoms with E-state index in [4.69, 9.17) is 4.42 Å². The van der Waals surface area contributed by atoms with Crippen molar-refractivity contribution in [1.82, 2.24) is 0 Å². The Labute approximate surface area is 326 Å². The van der Waals surface area contributed by atoms with Gasteiger partial charge in [0.2, 0.25) is 0 Å². The molecule has 11 rings (SSSR count). The van der Waals surface area contributed by atoms with Gasteiger partial charge in [0.1, 0.15) is 11.2 Å². The summed E-state index contributed by atoms with van der Waals surface area (Å²) >= 11 is 0. The van der Waals surface area contributed by atoms with Crippen LogP contribution < -0.4 is 9.80 Å². The largest absolute Gasteiger partial charge is 0.456 e. The van der Waals surface area contributed by atoms with Crippen molar-refractivity contribution < 1.29 is 4.42 Å². The Morgan fingerprint density at radius 3 is 1.36 bits per heavy atom. The normalized spacial score (nSPS) is 13.0. The lowest BCUT2D eigenvalue weighted by molar-refractivity contribution is 0.620. The van der Waals surface area contributed by atoms with Gasteiger partial charge < -0.3 is 14.2 Å². The molecular formula is C53H38N2O. The van der Waals surface area contributed by atoms with Gasteiger partial charge in [-0.05, 0) is 88.1 Å². The summed E-state index contributed by atoms with van der Waals surface area (Å²) in [7, 11) is 0. The first-order valence-corrected chi connectivity index (χ1v) is 19.4. The van der Waals surface area contributed by atoms with Gasteiger partial charge in [-0.15, -0.1) is 0 Å². The van der Waals surface area contributed by atoms with Crippen LogP contribution in [0.1, 0.15) is 25.0 Å². The van der Waals surface area contributed by atoms with E-state index in [1.807, 2.05) is 0 Å². The number of furan rings is 1. The molecule has 1 aliphatic rings. The molecule has 0 bridgehead atoms. The molecule has 0 saturated heterocycles. The van der Waals surface area contributed by atoms with Crippen LogP contribution in [0.3, 0.4) is 0 Å². The lowest BCUT2D eigenvalue weighted by atomic mass is 9.81. The van der Waals surface area contributed by atoms with Crippen LogP contribution in [-0.2, 0) is 5.41 Å². The number of rotatable bonds is 6. The molecule has 10 aromatic rings. The Morgan fingerprint density at radius 2 is 0.839 bits per heavy atom. The van der Waals surface area contributed by atoms with Crippen molar-refractivity contribution >= 4 is 77.6 Å². The first-order chi connectivity index (χ1) is 27.6. The third-order valence-corrected chi connectivity index (χ3v) is 11.8. The summed E-state index contributed by atoms with van der Waals surface area (Å²) < 4.78 is 7.22. The first-order valence-electron chi connectivity index (χ1n) is 19.4. The highest BCUT2D eigenvalue weighted by atomic mass is 16.3. The standard InChI is InChI=1S/C53H38N2O/c1-53(2)45-33-46(54(35-19-7-3-8-20-35)36-21-9-4-10-22-36)39-27-15-17-29-41(39)49(45)43-31-32-44-50-42-30-18-16-28-40(42)47(34-48(50)56-52(44)51(43)53)55(37-23-11-5-12-24-37)38-25-13-6-14-26-38/h3-34H,1-2H3. The van der Waals surface area contributed by atoms with E-state index < -0.39 is 0 Å². The maximum absolute atomic E-state index is 7.22. The van der Waals surface area contributed by atoms with Gasteiger partial charge in [-0.2, -0.15) is 0 Å². The molecule has 0 N–H and O–H groups in total. The maximum Gasteiger partial charge on any atom is 0.140 e. The second kappa shape index (κ2) is 12.5. The van der Waals surface area contributed by atoms with E-state index in [0.29, 0.717) is 0 Å². The van der Waals surface area contributed by atoms with E-state index >= 15 is 0 Å². The maximum atomic E-state index is 7.22. The number of anilines is 6. The highest BCUT2D eigenvalue weighted by molar-refractivity contribution is 6.24. The van der Waals surface area contributed by atoms with Crippen molar-refractivity contribution in [3.05, 3.63) is 205 Å². The summed E-state index contributed by atoms with van der Waals surface area (Å²) in [6.07, 6.45) is 0. The zero-order valence-electron chi connectivity index (χ0n) is 31.3. The number of fused-ring (bicyclic) bond motifs is 11. The van der Waals surface area contributed by atoms with Crippen LogP contribution in [0.15, 0.2) is 199 Å². The fourth-order valence-electron chi connectivity index (χ4n) is 9.32. The Hall–Kier alpha value is -7.10. The highest BCUT2D eigenvalue weighted by Gasteiger charge is 2.41. The molecule has 0 aliphatic heterocycles. The molecule has 1 aliphatic carbocycles. The molecule has 1 heterocycles. The monoisotopic (exact) mass is 718 g/mol. The third kappa shape index (κ3) is 4.77. The minimum absolute atomic E-state index is 0.353. The molecule has 0 saturated carbocycles. The average Bonchev–Trinajstić information content (AvgIpc) is 3.74. The van der Waals surface area contributed by atoms with Crippen molar-refractivity contribution in [3.8, 4) is 11.1 Å². The minimum Gasteiger partial charge on any atom is -0.456 e. The van der Waals surface area contributed by atoms with Crippen molar-refractivity contribution in [2.24, 2.45) is 0 Å². The fourth-order valence-corrected chi connectivity index (χ4v) is 9.32. The first kappa shape index (κ1) is 32.3. The molecule has 3 nitrogen and oxygen atoms in total. The van der Waals surface area contributed by atoms with E-state index in [9.17, 15) is 0 Å². The molecule has 9 aromatic carbocycles. The molecule has 56 heavy (non-hydrogen) atoms. The lowest BCUT2D eigenvalue weighted by Gasteiger charge is -2.29. The topological polar surface area (TPSA) is 19.6 Å². The average molecular weight is 719 g/mol. The second-order valence-corrected chi connectivity index (χ2v) is 15.3. The van der Waals surface area contributed by atoms with Crippen molar-refractivity contribution in [1.29, 1.82) is 0 Å². The van der Waals surface area contributed by atoms with E-state index in [0.717, 1.165) is 56.1 Å². The van der Waals surface area contributed by atoms with E-state index in [1.165, 1.54) is 43.8 Å². The van der Waals surface area contributed by atoms with Crippen LogP contribution in [0.25, 0.3) is 54.6 Å². The zero-order valence-corrected chi connectivity index (χ0v) is 31.3. The quantitative estimate of drug-likeness (QED) is 0.171. The van der Waals surface area contributed by atoms with Gasteiger partial charge in [0.25, 0.3) is 0 Å². The predicted molar refractivity (Wildman–Crippen MR) is 236 cm³/mol. The Balaban J connectivity index is 1.18. The Kier molecular flexibility index (Phi) is 7.20. The zero-order chi connectivity index (χ0) is 37.4. The van der Waals surface area contributed by atoms with Crippen molar-refractivity contribution in [2.75, 3.05) is 9.80 Å². The molecule has 266 valence electrons. The number of nitrogens with zero attached hydrogens (tertiary/aromatic N) is 2. The summed E-state index contributed by atoms with van der Waals surface area (Å²) in [6, 6.07) is 69.7. The number of para-hydroxylation sites is 4. The SMILES string of the molecule is CC1(C)c2cc(N(c3ccccc3)c3ccccc3)c3ccccc3c2-c2ccc3c(oc4cc(N(c5ccccc5)c5ccccc5)c5ccccc5c43)c21. The van der Waals surface area contributed by atoms with Crippen LogP contribution in [-0.4, -0.2) is 0 Å². The van der Waals surface area contributed by atoms with Gasteiger partial charge in [-0.25, -0.2) is 0 Å². The molecule has 3 heteroatoms. The van der Waals surface area contributed by atoms with Crippen LogP contribution in [0.5, 0.6) is 0 Å². The van der Waals surface area contributed by atoms with Crippen molar-refractivity contribution in [3.63, 3.8) is 0 Å². The fraction of sp³-hybridized carbons (Fsp3) is 0.0566. The van der Waals surface area contributed by atoms with Gasteiger partial charge in [-0.3, -0.25) is 0 Å². The molecule has 0 spiro atoms. The van der Waals surface area contributed by atoms with Gasteiger partial charge >= 0.3 is 0 Å².